The highest BCUT2D eigenvalue weighted by Crippen LogP contribution is 2.32. The minimum absolute atomic E-state index is 0.279. The first-order valence-electron chi connectivity index (χ1n) is 10.6. The second kappa shape index (κ2) is 9.43. The van der Waals surface area contributed by atoms with Crippen molar-refractivity contribution < 1.29 is 4.39 Å². The predicted molar refractivity (Wildman–Crippen MR) is 130 cm³/mol. The van der Waals surface area contributed by atoms with Gasteiger partial charge < -0.3 is 4.90 Å². The van der Waals surface area contributed by atoms with Gasteiger partial charge in [-0.05, 0) is 55.6 Å². The van der Waals surface area contributed by atoms with Crippen LogP contribution in [0.2, 0.25) is 0 Å². The van der Waals surface area contributed by atoms with Gasteiger partial charge in [0.1, 0.15) is 5.82 Å². The minimum atomic E-state index is -0.279. The molecule has 4 aromatic carbocycles. The van der Waals surface area contributed by atoms with Crippen LogP contribution in [-0.2, 0) is 0 Å². The van der Waals surface area contributed by atoms with E-state index in [0.717, 1.165) is 40.9 Å². The van der Waals surface area contributed by atoms with Gasteiger partial charge in [0.15, 0.2) is 0 Å². The SMILES string of the molecule is CCN(CC)c1ccc(/C=N/N(c2ccccc2)c2cccc3ccccc23)c(F)c1. The third kappa shape index (κ3) is 4.43. The van der Waals surface area contributed by atoms with Crippen LogP contribution in [0.5, 0.6) is 0 Å². The van der Waals surface area contributed by atoms with E-state index in [1.54, 1.807) is 18.3 Å². The number of halogens is 1. The number of rotatable bonds is 7. The Morgan fingerprint density at radius 1 is 0.774 bits per heavy atom. The largest absolute Gasteiger partial charge is 0.372 e. The number of hydrogen-bond donors (Lipinski definition) is 0. The average Bonchev–Trinajstić information content (AvgIpc) is 2.82. The Bertz CT molecular complexity index is 1180. The summed E-state index contributed by atoms with van der Waals surface area (Å²) >= 11 is 0. The summed E-state index contributed by atoms with van der Waals surface area (Å²) in [4.78, 5) is 2.12. The van der Waals surface area contributed by atoms with Gasteiger partial charge in [-0.25, -0.2) is 9.40 Å². The van der Waals surface area contributed by atoms with Crippen molar-refractivity contribution in [3.8, 4) is 0 Å². The molecule has 0 fully saturated rings. The van der Waals surface area contributed by atoms with Crippen LogP contribution in [0.15, 0.2) is 96.1 Å². The first-order chi connectivity index (χ1) is 15.2. The molecule has 0 atom stereocenters. The van der Waals surface area contributed by atoms with E-state index in [0.29, 0.717) is 5.56 Å². The molecule has 4 aromatic rings. The molecule has 4 heteroatoms. The Morgan fingerprint density at radius 2 is 1.48 bits per heavy atom. The van der Waals surface area contributed by atoms with Crippen LogP contribution in [0.1, 0.15) is 19.4 Å². The molecule has 3 nitrogen and oxygen atoms in total. The number of para-hydroxylation sites is 1. The van der Waals surface area contributed by atoms with Crippen molar-refractivity contribution in [2.45, 2.75) is 13.8 Å². The van der Waals surface area contributed by atoms with Crippen LogP contribution >= 0.6 is 0 Å². The van der Waals surface area contributed by atoms with E-state index >= 15 is 0 Å². The third-order valence-corrected chi connectivity index (χ3v) is 5.42. The summed E-state index contributed by atoms with van der Waals surface area (Å²) in [5, 5.41) is 8.79. The van der Waals surface area contributed by atoms with Gasteiger partial charge in [0.05, 0.1) is 17.6 Å². The fourth-order valence-corrected chi connectivity index (χ4v) is 3.76. The maximum atomic E-state index is 14.9. The van der Waals surface area contributed by atoms with Crippen LogP contribution in [0.4, 0.5) is 21.5 Å². The lowest BCUT2D eigenvalue weighted by Gasteiger charge is -2.22. The Labute approximate surface area is 183 Å². The normalized spacial score (nSPS) is 11.2. The standard InChI is InChI=1S/C27H26FN3/c1-3-30(4-2)24-18-17-22(26(28)19-24)20-29-31(23-13-6-5-7-14-23)27-16-10-12-21-11-8-9-15-25(21)27/h5-20H,3-4H2,1-2H3/b29-20+. The molecule has 0 unspecified atom stereocenters. The summed E-state index contributed by atoms with van der Waals surface area (Å²) in [7, 11) is 0. The van der Waals surface area contributed by atoms with Crippen molar-refractivity contribution in [2.75, 3.05) is 23.0 Å². The van der Waals surface area contributed by atoms with E-state index in [-0.39, 0.29) is 5.82 Å². The molecule has 0 aliphatic carbocycles. The number of hydrogen-bond acceptors (Lipinski definition) is 3. The van der Waals surface area contributed by atoms with Crippen LogP contribution in [0.25, 0.3) is 10.8 Å². The molecule has 0 heterocycles. The Hall–Kier alpha value is -3.66. The highest BCUT2D eigenvalue weighted by Gasteiger charge is 2.12. The molecule has 4 rings (SSSR count). The number of anilines is 3. The topological polar surface area (TPSA) is 18.8 Å². The van der Waals surface area contributed by atoms with Crippen LogP contribution < -0.4 is 9.91 Å². The molecular weight excluding hydrogens is 385 g/mol. The number of hydrazone groups is 1. The molecule has 0 N–H and O–H groups in total. The van der Waals surface area contributed by atoms with Crippen molar-refractivity contribution in [2.24, 2.45) is 5.10 Å². The number of benzene rings is 4. The van der Waals surface area contributed by atoms with Gasteiger partial charge in [-0.2, -0.15) is 5.10 Å². The van der Waals surface area contributed by atoms with Gasteiger partial charge in [0.25, 0.3) is 0 Å². The summed E-state index contributed by atoms with van der Waals surface area (Å²) in [6, 6.07) is 29.6. The molecule has 0 saturated carbocycles. The Kier molecular flexibility index (Phi) is 6.27. The summed E-state index contributed by atoms with van der Waals surface area (Å²) < 4.78 is 14.9. The monoisotopic (exact) mass is 411 g/mol. The second-order valence-corrected chi connectivity index (χ2v) is 7.27. The molecule has 0 spiro atoms. The number of fused-ring (bicyclic) bond motifs is 1. The zero-order valence-electron chi connectivity index (χ0n) is 17.9. The fourth-order valence-electron chi connectivity index (χ4n) is 3.76. The first-order valence-corrected chi connectivity index (χ1v) is 10.6. The molecule has 0 amide bonds. The van der Waals surface area contributed by atoms with Gasteiger partial charge >= 0.3 is 0 Å². The van der Waals surface area contributed by atoms with Crippen molar-refractivity contribution in [1.82, 2.24) is 0 Å². The van der Waals surface area contributed by atoms with E-state index in [4.69, 9.17) is 5.10 Å². The Balaban J connectivity index is 1.75. The molecule has 156 valence electrons. The molecule has 0 bridgehead atoms. The summed E-state index contributed by atoms with van der Waals surface area (Å²) in [6.45, 7) is 5.82. The molecule has 0 aliphatic rings. The Morgan fingerprint density at radius 3 is 2.23 bits per heavy atom. The van der Waals surface area contributed by atoms with E-state index in [1.165, 1.54) is 0 Å². The molecule has 31 heavy (non-hydrogen) atoms. The maximum Gasteiger partial charge on any atom is 0.134 e. The van der Waals surface area contributed by atoms with Gasteiger partial charge in [-0.15, -0.1) is 0 Å². The number of nitrogens with zero attached hydrogens (tertiary/aromatic N) is 3. The quantitative estimate of drug-likeness (QED) is 0.241. The molecule has 0 radical (unpaired) electrons. The van der Waals surface area contributed by atoms with Crippen LogP contribution in [-0.4, -0.2) is 19.3 Å². The smallest absolute Gasteiger partial charge is 0.134 e. The van der Waals surface area contributed by atoms with Crippen molar-refractivity contribution in [3.05, 3.63) is 102 Å². The highest BCUT2D eigenvalue weighted by molar-refractivity contribution is 5.96. The molecule has 0 aromatic heterocycles. The molecular formula is C27H26FN3. The van der Waals surface area contributed by atoms with Crippen molar-refractivity contribution >= 4 is 34.0 Å². The summed E-state index contributed by atoms with van der Waals surface area (Å²) in [6.07, 6.45) is 1.59. The molecule has 0 saturated heterocycles. The summed E-state index contributed by atoms with van der Waals surface area (Å²) in [5.74, 6) is -0.279. The summed E-state index contributed by atoms with van der Waals surface area (Å²) in [5.41, 5.74) is 3.20. The first kappa shape index (κ1) is 20.6. The average molecular weight is 412 g/mol. The predicted octanol–water partition coefficient (Wildman–Crippen LogP) is 7.00. The lowest BCUT2D eigenvalue weighted by atomic mass is 10.1. The van der Waals surface area contributed by atoms with Gasteiger partial charge in [0, 0.05) is 29.7 Å². The maximum absolute atomic E-state index is 14.9. The van der Waals surface area contributed by atoms with Crippen molar-refractivity contribution in [3.63, 3.8) is 0 Å². The second-order valence-electron chi connectivity index (χ2n) is 7.27. The highest BCUT2D eigenvalue weighted by atomic mass is 19.1. The van der Waals surface area contributed by atoms with E-state index < -0.39 is 0 Å². The zero-order chi connectivity index (χ0) is 21.6. The van der Waals surface area contributed by atoms with E-state index in [2.05, 4.69) is 36.9 Å². The van der Waals surface area contributed by atoms with Crippen LogP contribution in [0.3, 0.4) is 0 Å². The van der Waals surface area contributed by atoms with Crippen molar-refractivity contribution in [1.29, 1.82) is 0 Å². The minimum Gasteiger partial charge on any atom is -0.372 e. The lowest BCUT2D eigenvalue weighted by Crippen LogP contribution is -2.21. The fraction of sp³-hybridized carbons (Fsp3) is 0.148. The van der Waals surface area contributed by atoms with Gasteiger partial charge in [-0.3, -0.25) is 0 Å². The molecule has 0 aliphatic heterocycles. The lowest BCUT2D eigenvalue weighted by molar-refractivity contribution is 0.625. The van der Waals surface area contributed by atoms with Gasteiger partial charge in [0.2, 0.25) is 0 Å². The van der Waals surface area contributed by atoms with E-state index in [9.17, 15) is 4.39 Å². The van der Waals surface area contributed by atoms with Crippen LogP contribution in [0, 0.1) is 5.82 Å². The van der Waals surface area contributed by atoms with Gasteiger partial charge in [-0.1, -0.05) is 54.6 Å². The third-order valence-electron chi connectivity index (χ3n) is 5.42. The van der Waals surface area contributed by atoms with E-state index in [1.807, 2.05) is 65.7 Å². The zero-order valence-corrected chi connectivity index (χ0v) is 17.9.